The Morgan fingerprint density at radius 2 is 1.36 bits per heavy atom. The van der Waals surface area contributed by atoms with Gasteiger partial charge in [0.15, 0.2) is 5.11 Å². The first-order valence-corrected chi connectivity index (χ1v) is 11.3. The largest absolute Gasteiger partial charge is 0.332 e. The van der Waals surface area contributed by atoms with E-state index in [1.165, 1.54) is 12.1 Å². The maximum absolute atomic E-state index is 12.6. The molecule has 0 saturated carbocycles. The highest BCUT2D eigenvalue weighted by Crippen LogP contribution is 2.24. The van der Waals surface area contributed by atoms with Gasteiger partial charge in [-0.05, 0) is 71.7 Å². The third-order valence-corrected chi connectivity index (χ3v) is 5.74. The molecule has 0 aliphatic carbocycles. The number of thiocarbonyl (C=S) groups is 1. The zero-order chi connectivity index (χ0) is 24.2. The number of hydrogen-bond acceptors (Lipinski definition) is 3. The molecule has 170 valence electrons. The fourth-order valence-electron chi connectivity index (χ4n) is 2.97. The van der Waals surface area contributed by atoms with Crippen LogP contribution in [0, 0.1) is 0 Å². The van der Waals surface area contributed by atoms with Crippen LogP contribution in [0.1, 0.15) is 47.1 Å². The molecule has 0 aromatic heterocycles. The summed E-state index contributed by atoms with van der Waals surface area (Å²) in [5, 5.41) is 9.13. The molecular formula is C25H23Cl2N3O2S. The van der Waals surface area contributed by atoms with Crippen molar-refractivity contribution in [1.82, 2.24) is 5.32 Å². The zero-order valence-electron chi connectivity index (χ0n) is 18.3. The van der Waals surface area contributed by atoms with E-state index in [1.807, 2.05) is 24.3 Å². The molecule has 8 heteroatoms. The number of nitrogens with one attached hydrogen (secondary N) is 3. The fraction of sp³-hybridized carbons (Fsp3) is 0.160. The van der Waals surface area contributed by atoms with Gasteiger partial charge in [-0.15, -0.1) is 0 Å². The van der Waals surface area contributed by atoms with E-state index in [0.29, 0.717) is 27.5 Å². The lowest BCUT2D eigenvalue weighted by atomic mass is 9.87. The molecule has 0 fully saturated rings. The summed E-state index contributed by atoms with van der Waals surface area (Å²) >= 11 is 17.1. The summed E-state index contributed by atoms with van der Waals surface area (Å²) in [4.78, 5) is 25.0. The Balaban J connectivity index is 1.62. The molecule has 3 N–H and O–H groups in total. The highest BCUT2D eigenvalue weighted by atomic mass is 35.5. The maximum Gasteiger partial charge on any atom is 0.257 e. The minimum Gasteiger partial charge on any atom is -0.332 e. The van der Waals surface area contributed by atoms with E-state index in [-0.39, 0.29) is 21.5 Å². The third kappa shape index (κ3) is 6.78. The lowest BCUT2D eigenvalue weighted by Gasteiger charge is -2.19. The number of benzene rings is 3. The minimum atomic E-state index is -0.422. The van der Waals surface area contributed by atoms with E-state index in [1.54, 1.807) is 30.3 Å². The Morgan fingerprint density at radius 1 is 0.758 bits per heavy atom. The molecule has 0 aliphatic rings. The molecule has 0 spiro atoms. The molecule has 0 bridgehead atoms. The summed E-state index contributed by atoms with van der Waals surface area (Å²) in [6, 6.07) is 19.1. The molecule has 5 nitrogen and oxygen atoms in total. The smallest absolute Gasteiger partial charge is 0.257 e. The Kier molecular flexibility index (Phi) is 7.74. The first-order chi connectivity index (χ1) is 15.5. The van der Waals surface area contributed by atoms with Gasteiger partial charge in [-0.1, -0.05) is 62.2 Å². The SMILES string of the molecule is CC(C)(C)c1ccc(C(=O)Nc2cccc(NC(=S)NC(=O)c3ccc(Cl)c(Cl)c3)c2)cc1. The molecule has 0 heterocycles. The molecule has 3 aromatic carbocycles. The molecule has 33 heavy (non-hydrogen) atoms. The van der Waals surface area contributed by atoms with Crippen molar-refractivity contribution < 1.29 is 9.59 Å². The minimum absolute atomic E-state index is 0.0165. The lowest BCUT2D eigenvalue weighted by Crippen LogP contribution is -2.34. The van der Waals surface area contributed by atoms with Crippen molar-refractivity contribution in [3.8, 4) is 0 Å². The second-order valence-corrected chi connectivity index (χ2v) is 9.62. The zero-order valence-corrected chi connectivity index (χ0v) is 20.7. The normalized spacial score (nSPS) is 10.9. The van der Waals surface area contributed by atoms with Crippen LogP contribution < -0.4 is 16.0 Å². The summed E-state index contributed by atoms with van der Waals surface area (Å²) in [6.45, 7) is 6.37. The van der Waals surface area contributed by atoms with Crippen LogP contribution in [0.25, 0.3) is 0 Å². The molecule has 0 radical (unpaired) electrons. The Hall–Kier alpha value is -2.93. The summed E-state index contributed by atoms with van der Waals surface area (Å²) in [6.07, 6.45) is 0. The van der Waals surface area contributed by atoms with E-state index in [9.17, 15) is 9.59 Å². The van der Waals surface area contributed by atoms with Crippen LogP contribution in [-0.4, -0.2) is 16.9 Å². The molecule has 0 unspecified atom stereocenters. The summed E-state index contributed by atoms with van der Waals surface area (Å²) in [5.41, 5.74) is 3.25. The highest BCUT2D eigenvalue weighted by molar-refractivity contribution is 7.80. The predicted octanol–water partition coefficient (Wildman–Crippen LogP) is 6.67. The molecule has 3 rings (SSSR count). The highest BCUT2D eigenvalue weighted by Gasteiger charge is 2.15. The first-order valence-electron chi connectivity index (χ1n) is 10.1. The topological polar surface area (TPSA) is 70.2 Å². The molecule has 0 saturated heterocycles. The van der Waals surface area contributed by atoms with Gasteiger partial charge in [0.25, 0.3) is 11.8 Å². The van der Waals surface area contributed by atoms with Crippen molar-refractivity contribution in [2.45, 2.75) is 26.2 Å². The van der Waals surface area contributed by atoms with Crippen LogP contribution in [-0.2, 0) is 5.41 Å². The Bertz CT molecular complexity index is 1210. The van der Waals surface area contributed by atoms with Gasteiger partial charge in [-0.25, -0.2) is 0 Å². The predicted molar refractivity (Wildman–Crippen MR) is 140 cm³/mol. The third-order valence-electron chi connectivity index (χ3n) is 4.80. The van der Waals surface area contributed by atoms with Crippen molar-refractivity contribution in [3.63, 3.8) is 0 Å². The van der Waals surface area contributed by atoms with E-state index in [0.717, 1.165) is 5.56 Å². The van der Waals surface area contributed by atoms with Gasteiger partial charge >= 0.3 is 0 Å². The molecule has 2 amide bonds. The molecule has 0 atom stereocenters. The van der Waals surface area contributed by atoms with Gasteiger partial charge in [0.05, 0.1) is 10.0 Å². The van der Waals surface area contributed by atoms with E-state index >= 15 is 0 Å². The van der Waals surface area contributed by atoms with Crippen molar-refractivity contribution in [2.75, 3.05) is 10.6 Å². The number of amides is 2. The Morgan fingerprint density at radius 3 is 1.97 bits per heavy atom. The van der Waals surface area contributed by atoms with Crippen molar-refractivity contribution in [1.29, 1.82) is 0 Å². The molecule has 0 aliphatic heterocycles. The summed E-state index contributed by atoms with van der Waals surface area (Å²) < 4.78 is 0. The quantitative estimate of drug-likeness (QED) is 0.350. The summed E-state index contributed by atoms with van der Waals surface area (Å²) in [5.74, 6) is -0.641. The average molecular weight is 500 g/mol. The van der Waals surface area contributed by atoms with Crippen molar-refractivity contribution in [3.05, 3.63) is 93.5 Å². The van der Waals surface area contributed by atoms with E-state index < -0.39 is 5.91 Å². The number of anilines is 2. The second kappa shape index (κ2) is 10.3. The number of carbonyl (C=O) groups excluding carboxylic acids is 2. The van der Waals surface area contributed by atoms with Crippen molar-refractivity contribution in [2.24, 2.45) is 0 Å². The van der Waals surface area contributed by atoms with Gasteiger partial charge in [0, 0.05) is 22.5 Å². The van der Waals surface area contributed by atoms with E-state index in [4.69, 9.17) is 35.4 Å². The van der Waals surface area contributed by atoms with Crippen molar-refractivity contribution >= 4 is 63.7 Å². The van der Waals surface area contributed by atoms with Gasteiger partial charge in [0.1, 0.15) is 0 Å². The lowest BCUT2D eigenvalue weighted by molar-refractivity contribution is 0.0976. The number of rotatable bonds is 4. The molecular weight excluding hydrogens is 477 g/mol. The average Bonchev–Trinajstić information content (AvgIpc) is 2.75. The van der Waals surface area contributed by atoms with Crippen LogP contribution in [0.2, 0.25) is 10.0 Å². The van der Waals surface area contributed by atoms with Gasteiger partial charge < -0.3 is 10.6 Å². The molecule has 3 aromatic rings. The first kappa shape index (κ1) is 24.7. The number of hydrogen-bond donors (Lipinski definition) is 3. The number of carbonyl (C=O) groups is 2. The standard InChI is InChI=1S/C25H23Cl2N3O2S/c1-25(2,3)17-10-7-15(8-11-17)22(31)28-18-5-4-6-19(14-18)29-24(33)30-23(32)16-9-12-20(26)21(27)13-16/h4-14H,1-3H3,(H,28,31)(H2,29,30,32,33). The van der Waals surface area contributed by atoms with Crippen LogP contribution in [0.5, 0.6) is 0 Å². The monoisotopic (exact) mass is 499 g/mol. The van der Waals surface area contributed by atoms with Crippen LogP contribution >= 0.6 is 35.4 Å². The van der Waals surface area contributed by atoms with Gasteiger partial charge in [-0.2, -0.15) is 0 Å². The number of halogens is 2. The fourth-order valence-corrected chi connectivity index (χ4v) is 3.48. The van der Waals surface area contributed by atoms with Gasteiger partial charge in [0.2, 0.25) is 0 Å². The summed E-state index contributed by atoms with van der Waals surface area (Å²) in [7, 11) is 0. The maximum atomic E-state index is 12.6. The second-order valence-electron chi connectivity index (χ2n) is 8.40. The van der Waals surface area contributed by atoms with Gasteiger partial charge in [-0.3, -0.25) is 14.9 Å². The Labute approximate surface area is 208 Å². The van der Waals surface area contributed by atoms with Crippen LogP contribution in [0.4, 0.5) is 11.4 Å². The van der Waals surface area contributed by atoms with Crippen LogP contribution in [0.15, 0.2) is 66.7 Å². The van der Waals surface area contributed by atoms with Crippen LogP contribution in [0.3, 0.4) is 0 Å². The van der Waals surface area contributed by atoms with E-state index in [2.05, 4.69) is 36.7 Å².